The van der Waals surface area contributed by atoms with Gasteiger partial charge in [0, 0.05) is 43.3 Å². The Morgan fingerprint density at radius 2 is 2.04 bits per heavy atom. The van der Waals surface area contributed by atoms with E-state index in [1.165, 1.54) is 22.4 Å². The number of aryl methyl sites for hydroxylation is 1. The largest absolute Gasteiger partial charge is 0.321 e. The van der Waals surface area contributed by atoms with Gasteiger partial charge in [0.2, 0.25) is 0 Å². The number of nitrogens with one attached hydrogen (secondary N) is 1. The lowest BCUT2D eigenvalue weighted by atomic mass is 9.90. The summed E-state index contributed by atoms with van der Waals surface area (Å²) in [4.78, 5) is 19.8. The second-order valence-electron chi connectivity index (χ2n) is 8.14. The number of benzene rings is 1. The average molecular weight is 384 g/mol. The maximum absolute atomic E-state index is 12.7. The third-order valence-corrected chi connectivity index (χ3v) is 6.98. The SMILES string of the molecule is CC1CCc2sc(C(=O)Nc3cccc(CN4CCN(C)CC4)c3)cc2C1. The Kier molecular flexibility index (Phi) is 5.62. The summed E-state index contributed by atoms with van der Waals surface area (Å²) in [5.41, 5.74) is 3.54. The third-order valence-electron chi connectivity index (χ3n) is 5.74. The Bertz CT molecular complexity index is 808. The molecule has 1 aromatic heterocycles. The second kappa shape index (κ2) is 8.13. The Morgan fingerprint density at radius 3 is 2.85 bits per heavy atom. The molecule has 4 nitrogen and oxygen atoms in total. The average Bonchev–Trinajstić information content (AvgIpc) is 3.07. The van der Waals surface area contributed by atoms with Crippen LogP contribution in [0.5, 0.6) is 0 Å². The van der Waals surface area contributed by atoms with Gasteiger partial charge in [0.15, 0.2) is 0 Å². The van der Waals surface area contributed by atoms with Crippen molar-refractivity contribution < 1.29 is 4.79 Å². The molecule has 2 aliphatic rings. The number of carbonyl (C=O) groups excluding carboxylic acids is 1. The van der Waals surface area contributed by atoms with Crippen LogP contribution in [0, 0.1) is 5.92 Å². The molecule has 2 heterocycles. The minimum absolute atomic E-state index is 0.0267. The molecule has 5 heteroatoms. The van der Waals surface area contributed by atoms with Gasteiger partial charge in [-0.3, -0.25) is 9.69 Å². The van der Waals surface area contributed by atoms with Crippen molar-refractivity contribution in [1.29, 1.82) is 0 Å². The molecule has 1 aliphatic carbocycles. The zero-order valence-corrected chi connectivity index (χ0v) is 17.1. The lowest BCUT2D eigenvalue weighted by Gasteiger charge is -2.32. The summed E-state index contributed by atoms with van der Waals surface area (Å²) in [5.74, 6) is 0.757. The molecule has 144 valence electrons. The van der Waals surface area contributed by atoms with E-state index in [-0.39, 0.29) is 5.91 Å². The van der Waals surface area contributed by atoms with Gasteiger partial charge in [-0.15, -0.1) is 11.3 Å². The lowest BCUT2D eigenvalue weighted by molar-refractivity contribution is 0.103. The Morgan fingerprint density at radius 1 is 1.22 bits per heavy atom. The summed E-state index contributed by atoms with van der Waals surface area (Å²) in [6.45, 7) is 7.70. The van der Waals surface area contributed by atoms with Crippen LogP contribution in [0.2, 0.25) is 0 Å². The van der Waals surface area contributed by atoms with Gasteiger partial charge >= 0.3 is 0 Å². The number of fused-ring (bicyclic) bond motifs is 1. The van der Waals surface area contributed by atoms with Crippen LogP contribution < -0.4 is 5.32 Å². The molecule has 0 bridgehead atoms. The van der Waals surface area contributed by atoms with E-state index in [9.17, 15) is 4.79 Å². The van der Waals surface area contributed by atoms with Crippen molar-refractivity contribution in [2.75, 3.05) is 38.5 Å². The first-order chi connectivity index (χ1) is 13.1. The number of piperazine rings is 1. The van der Waals surface area contributed by atoms with E-state index in [0.717, 1.165) is 62.0 Å². The number of hydrogen-bond acceptors (Lipinski definition) is 4. The molecular weight excluding hydrogens is 354 g/mol. The van der Waals surface area contributed by atoms with Crippen LogP contribution >= 0.6 is 11.3 Å². The van der Waals surface area contributed by atoms with Gasteiger partial charge in [-0.1, -0.05) is 19.1 Å². The molecule has 1 unspecified atom stereocenters. The highest BCUT2D eigenvalue weighted by atomic mass is 32.1. The molecule has 1 aliphatic heterocycles. The van der Waals surface area contributed by atoms with Crippen molar-refractivity contribution in [3.05, 3.63) is 51.2 Å². The van der Waals surface area contributed by atoms with E-state index in [1.54, 1.807) is 11.3 Å². The molecule has 4 rings (SSSR count). The molecule has 27 heavy (non-hydrogen) atoms. The Hall–Kier alpha value is -1.69. The number of thiophene rings is 1. The van der Waals surface area contributed by atoms with Gasteiger partial charge in [-0.05, 0) is 61.6 Å². The van der Waals surface area contributed by atoms with Crippen LogP contribution in [-0.2, 0) is 19.4 Å². The summed E-state index contributed by atoms with van der Waals surface area (Å²) in [6, 6.07) is 10.4. The highest BCUT2D eigenvalue weighted by Crippen LogP contribution is 2.32. The number of nitrogens with zero attached hydrogens (tertiary/aromatic N) is 2. The molecule has 0 spiro atoms. The van der Waals surface area contributed by atoms with Gasteiger partial charge in [0.05, 0.1) is 4.88 Å². The predicted molar refractivity (Wildman–Crippen MR) is 113 cm³/mol. The number of anilines is 1. The Labute approximate surface area is 166 Å². The number of rotatable bonds is 4. The smallest absolute Gasteiger partial charge is 0.265 e. The van der Waals surface area contributed by atoms with Crippen molar-refractivity contribution in [3.63, 3.8) is 0 Å². The van der Waals surface area contributed by atoms with E-state index in [0.29, 0.717) is 0 Å². The standard InChI is InChI=1S/C22H29N3OS/c1-16-6-7-20-18(12-16)14-21(27-20)22(26)23-19-5-3-4-17(13-19)15-25-10-8-24(2)9-11-25/h3-5,13-14,16H,6-12,15H2,1-2H3,(H,23,26). The molecular formula is C22H29N3OS. The molecule has 1 N–H and O–H groups in total. The van der Waals surface area contributed by atoms with Crippen molar-refractivity contribution in [2.24, 2.45) is 5.92 Å². The molecule has 1 fully saturated rings. The fourth-order valence-corrected chi connectivity index (χ4v) is 5.13. The maximum atomic E-state index is 12.7. The zero-order chi connectivity index (χ0) is 18.8. The Balaban J connectivity index is 1.40. The normalized spacial score (nSPS) is 21.0. The van der Waals surface area contributed by atoms with Crippen LogP contribution in [-0.4, -0.2) is 48.9 Å². The summed E-state index contributed by atoms with van der Waals surface area (Å²) < 4.78 is 0. The van der Waals surface area contributed by atoms with Gasteiger partial charge in [0.25, 0.3) is 5.91 Å². The lowest BCUT2D eigenvalue weighted by Crippen LogP contribution is -2.43. The zero-order valence-electron chi connectivity index (χ0n) is 16.3. The van der Waals surface area contributed by atoms with Gasteiger partial charge < -0.3 is 10.2 Å². The third kappa shape index (κ3) is 4.60. The predicted octanol–water partition coefficient (Wildman–Crippen LogP) is 3.87. The minimum Gasteiger partial charge on any atom is -0.321 e. The van der Waals surface area contributed by atoms with E-state index in [4.69, 9.17) is 0 Å². The van der Waals surface area contributed by atoms with Gasteiger partial charge in [-0.2, -0.15) is 0 Å². The van der Waals surface area contributed by atoms with E-state index < -0.39 is 0 Å². The van der Waals surface area contributed by atoms with Gasteiger partial charge in [0.1, 0.15) is 0 Å². The second-order valence-corrected chi connectivity index (χ2v) is 9.28. The van der Waals surface area contributed by atoms with Crippen molar-refractivity contribution in [1.82, 2.24) is 9.80 Å². The molecule has 1 aromatic carbocycles. The number of likely N-dealkylation sites (N-methyl/N-ethyl adjacent to an activating group) is 1. The van der Waals surface area contributed by atoms with Crippen molar-refractivity contribution in [2.45, 2.75) is 32.7 Å². The van der Waals surface area contributed by atoms with Gasteiger partial charge in [-0.25, -0.2) is 0 Å². The molecule has 1 saturated heterocycles. The monoisotopic (exact) mass is 383 g/mol. The summed E-state index contributed by atoms with van der Waals surface area (Å²) in [7, 11) is 2.18. The molecule has 0 radical (unpaired) electrons. The fraction of sp³-hybridized carbons (Fsp3) is 0.500. The first kappa shape index (κ1) is 18.7. The van der Waals surface area contributed by atoms with E-state index in [1.807, 2.05) is 12.1 Å². The number of hydrogen-bond donors (Lipinski definition) is 1. The molecule has 0 saturated carbocycles. The molecule has 2 aromatic rings. The van der Waals surface area contributed by atoms with Crippen LogP contribution in [0.15, 0.2) is 30.3 Å². The first-order valence-electron chi connectivity index (χ1n) is 9.99. The highest BCUT2D eigenvalue weighted by molar-refractivity contribution is 7.14. The number of amides is 1. The minimum atomic E-state index is 0.0267. The van der Waals surface area contributed by atoms with Crippen LogP contribution in [0.25, 0.3) is 0 Å². The van der Waals surface area contributed by atoms with Crippen LogP contribution in [0.1, 0.15) is 39.0 Å². The van der Waals surface area contributed by atoms with E-state index in [2.05, 4.69) is 47.3 Å². The number of carbonyl (C=O) groups is 1. The maximum Gasteiger partial charge on any atom is 0.265 e. The summed E-state index contributed by atoms with van der Waals surface area (Å²) in [6.07, 6.45) is 3.47. The summed E-state index contributed by atoms with van der Waals surface area (Å²) >= 11 is 1.67. The summed E-state index contributed by atoms with van der Waals surface area (Å²) in [5, 5.41) is 3.11. The quantitative estimate of drug-likeness (QED) is 0.870. The van der Waals surface area contributed by atoms with Crippen molar-refractivity contribution in [3.8, 4) is 0 Å². The van der Waals surface area contributed by atoms with E-state index >= 15 is 0 Å². The topological polar surface area (TPSA) is 35.6 Å². The molecule has 1 amide bonds. The van der Waals surface area contributed by atoms with Crippen LogP contribution in [0.4, 0.5) is 5.69 Å². The van der Waals surface area contributed by atoms with Crippen LogP contribution in [0.3, 0.4) is 0 Å². The highest BCUT2D eigenvalue weighted by Gasteiger charge is 2.21. The first-order valence-corrected chi connectivity index (χ1v) is 10.8. The fourth-order valence-electron chi connectivity index (χ4n) is 4.02. The molecule has 1 atom stereocenters. The van der Waals surface area contributed by atoms with Crippen molar-refractivity contribution >= 4 is 22.9 Å².